The Kier molecular flexibility index (Phi) is 4.27. The monoisotopic (exact) mass is 277 g/mol. The van der Waals surface area contributed by atoms with Crippen LogP contribution in [0, 0.1) is 0 Å². The van der Waals surface area contributed by atoms with Crippen molar-refractivity contribution in [1.29, 1.82) is 0 Å². The molecule has 0 amide bonds. The number of hydrogen-bond donors (Lipinski definition) is 3. The molecule has 1 aromatic carbocycles. The lowest BCUT2D eigenvalue weighted by molar-refractivity contribution is 0.112. The van der Waals surface area contributed by atoms with E-state index in [9.17, 15) is 20.1 Å². The maximum absolute atomic E-state index is 10.6. The van der Waals surface area contributed by atoms with Crippen molar-refractivity contribution in [3.63, 3.8) is 0 Å². The van der Waals surface area contributed by atoms with Crippen LogP contribution in [0.2, 0.25) is 0 Å². The van der Waals surface area contributed by atoms with Gasteiger partial charge in [0.25, 0.3) is 0 Å². The number of rotatable bonds is 6. The van der Waals surface area contributed by atoms with Crippen molar-refractivity contribution in [2.45, 2.75) is 13.2 Å². The van der Waals surface area contributed by atoms with Crippen LogP contribution in [-0.4, -0.2) is 32.8 Å². The lowest BCUT2D eigenvalue weighted by Crippen LogP contribution is -2.08. The van der Waals surface area contributed by atoms with Gasteiger partial charge in [0.2, 0.25) is 0 Å². The Bertz CT molecular complexity index is 586. The molecule has 0 fully saturated rings. The zero-order valence-corrected chi connectivity index (χ0v) is 10.7. The Labute approximate surface area is 115 Å². The highest BCUT2D eigenvalue weighted by molar-refractivity contribution is 5.75. The van der Waals surface area contributed by atoms with Crippen LogP contribution in [0.25, 0.3) is 0 Å². The molecule has 6 nitrogen and oxygen atoms in total. The summed E-state index contributed by atoms with van der Waals surface area (Å²) in [5.74, 6) is 0.360. The number of benzene rings is 1. The molecule has 0 aliphatic heterocycles. The molecule has 0 aliphatic rings. The number of carbonyl (C=O) groups is 1. The second kappa shape index (κ2) is 6.12. The molecule has 1 aromatic heterocycles. The van der Waals surface area contributed by atoms with E-state index in [4.69, 9.17) is 4.74 Å². The fourth-order valence-electron chi connectivity index (χ4n) is 1.86. The summed E-state index contributed by atoms with van der Waals surface area (Å²) in [5.41, 5.74) is 0.970. The second-order valence-electron chi connectivity index (χ2n) is 4.19. The second-order valence-corrected chi connectivity index (χ2v) is 4.19. The van der Waals surface area contributed by atoms with Gasteiger partial charge in [0.1, 0.15) is 18.6 Å². The summed E-state index contributed by atoms with van der Waals surface area (Å²) in [4.78, 5) is 10.6. The van der Waals surface area contributed by atoms with Crippen molar-refractivity contribution in [2.24, 2.45) is 0 Å². The minimum absolute atomic E-state index is 0.0511. The Morgan fingerprint density at radius 3 is 2.45 bits per heavy atom. The molecule has 20 heavy (non-hydrogen) atoms. The molecule has 0 spiro atoms. The summed E-state index contributed by atoms with van der Waals surface area (Å²) in [6, 6.07) is 7.50. The smallest absolute Gasteiger partial charge is 0.193 e. The van der Waals surface area contributed by atoms with Gasteiger partial charge >= 0.3 is 0 Å². The van der Waals surface area contributed by atoms with Gasteiger partial charge in [-0.25, -0.2) is 0 Å². The number of aliphatic hydroxyl groups excluding tert-OH is 1. The van der Waals surface area contributed by atoms with E-state index >= 15 is 0 Å². The van der Waals surface area contributed by atoms with E-state index in [1.807, 2.05) is 0 Å². The molecule has 0 atom stereocenters. The molecule has 0 bridgehead atoms. The third-order valence-electron chi connectivity index (χ3n) is 2.90. The van der Waals surface area contributed by atoms with Gasteiger partial charge in [-0.15, -0.1) is 0 Å². The van der Waals surface area contributed by atoms with Crippen molar-refractivity contribution in [3.05, 3.63) is 41.5 Å². The Morgan fingerprint density at radius 2 is 1.85 bits per heavy atom. The van der Waals surface area contributed by atoms with Gasteiger partial charge in [0.15, 0.2) is 11.8 Å². The predicted octanol–water partition coefficient (Wildman–Crippen LogP) is 1.28. The first-order valence-electron chi connectivity index (χ1n) is 6.05. The van der Waals surface area contributed by atoms with Gasteiger partial charge < -0.3 is 20.1 Å². The number of hydrogen-bond acceptors (Lipinski definition) is 5. The number of aldehydes is 1. The number of aliphatic hydroxyl groups is 1. The zero-order valence-electron chi connectivity index (χ0n) is 10.7. The van der Waals surface area contributed by atoms with Crippen molar-refractivity contribution < 1.29 is 24.9 Å². The van der Waals surface area contributed by atoms with Gasteiger partial charge in [-0.1, -0.05) is 0 Å². The van der Waals surface area contributed by atoms with Crippen molar-refractivity contribution >= 4 is 6.29 Å². The van der Waals surface area contributed by atoms with Crippen molar-refractivity contribution in [3.8, 4) is 17.5 Å². The molecule has 0 saturated heterocycles. The van der Waals surface area contributed by atoms with Gasteiger partial charge in [-0.05, 0) is 18.2 Å². The molecular weight excluding hydrogens is 262 g/mol. The highest BCUT2D eigenvalue weighted by atomic mass is 16.5. The minimum Gasteiger partial charge on any atom is -0.494 e. The molecule has 106 valence electrons. The number of nitrogens with zero attached hydrogens (tertiary/aromatic N) is 1. The standard InChI is InChI=1S/C14H15NO5/c16-8-10-1-2-12(11(7-10)9-17)20-6-5-15-13(18)3-4-14(15)19/h1-4,7-8,17-19H,5-6,9H2. The molecule has 2 aromatic rings. The average molecular weight is 277 g/mol. The number of ether oxygens (including phenoxy) is 1. The van der Waals surface area contributed by atoms with E-state index < -0.39 is 0 Å². The van der Waals surface area contributed by atoms with Gasteiger partial charge in [-0.3, -0.25) is 9.36 Å². The van der Waals surface area contributed by atoms with Gasteiger partial charge in [-0.2, -0.15) is 0 Å². The first-order chi connectivity index (χ1) is 9.65. The fraction of sp³-hybridized carbons (Fsp3) is 0.214. The van der Waals surface area contributed by atoms with E-state index in [-0.39, 0.29) is 31.5 Å². The lowest BCUT2D eigenvalue weighted by atomic mass is 10.1. The Morgan fingerprint density at radius 1 is 1.15 bits per heavy atom. The summed E-state index contributed by atoms with van der Waals surface area (Å²) >= 11 is 0. The van der Waals surface area contributed by atoms with Crippen LogP contribution in [0.15, 0.2) is 30.3 Å². The van der Waals surface area contributed by atoms with Crippen molar-refractivity contribution in [2.75, 3.05) is 6.61 Å². The van der Waals surface area contributed by atoms with Gasteiger partial charge in [0, 0.05) is 23.3 Å². The molecule has 0 unspecified atom stereocenters. The molecule has 6 heteroatoms. The first-order valence-corrected chi connectivity index (χ1v) is 6.05. The van der Waals surface area contributed by atoms with Crippen LogP contribution in [-0.2, 0) is 13.2 Å². The van der Waals surface area contributed by atoms with Crippen molar-refractivity contribution in [1.82, 2.24) is 4.57 Å². The number of aromatic nitrogens is 1. The normalized spacial score (nSPS) is 10.4. The first kappa shape index (κ1) is 14.0. The third-order valence-corrected chi connectivity index (χ3v) is 2.90. The van der Waals surface area contributed by atoms with Gasteiger partial charge in [0.05, 0.1) is 13.2 Å². The summed E-state index contributed by atoms with van der Waals surface area (Å²) in [5, 5.41) is 28.2. The summed E-state index contributed by atoms with van der Waals surface area (Å²) in [7, 11) is 0. The zero-order chi connectivity index (χ0) is 14.5. The molecule has 1 heterocycles. The highest BCUT2D eigenvalue weighted by Crippen LogP contribution is 2.22. The molecule has 3 N–H and O–H groups in total. The van der Waals surface area contributed by atoms with Crippen LogP contribution >= 0.6 is 0 Å². The van der Waals surface area contributed by atoms with E-state index in [0.717, 1.165) is 0 Å². The number of carbonyl (C=O) groups excluding carboxylic acids is 1. The highest BCUT2D eigenvalue weighted by Gasteiger charge is 2.07. The van der Waals surface area contributed by atoms with E-state index in [1.54, 1.807) is 18.2 Å². The summed E-state index contributed by atoms with van der Waals surface area (Å²) < 4.78 is 6.78. The minimum atomic E-state index is -0.239. The topological polar surface area (TPSA) is 91.9 Å². The Balaban J connectivity index is 2.02. The fourth-order valence-corrected chi connectivity index (χ4v) is 1.86. The quantitative estimate of drug-likeness (QED) is 0.692. The maximum Gasteiger partial charge on any atom is 0.193 e. The maximum atomic E-state index is 10.6. The molecular formula is C14H15NO5. The number of aromatic hydroxyl groups is 2. The van der Waals surface area contributed by atoms with Crippen LogP contribution < -0.4 is 4.74 Å². The van der Waals surface area contributed by atoms with E-state index in [0.29, 0.717) is 23.2 Å². The summed E-state index contributed by atoms with van der Waals surface area (Å²) in [6.07, 6.45) is 0.693. The molecule has 0 radical (unpaired) electrons. The molecule has 0 aliphatic carbocycles. The SMILES string of the molecule is O=Cc1ccc(OCCn2c(O)ccc2O)c(CO)c1. The largest absolute Gasteiger partial charge is 0.494 e. The van der Waals surface area contributed by atoms with Crippen LogP contribution in [0.5, 0.6) is 17.5 Å². The third kappa shape index (κ3) is 2.92. The lowest BCUT2D eigenvalue weighted by Gasteiger charge is -2.12. The van der Waals surface area contributed by atoms with E-state index in [2.05, 4.69) is 0 Å². The van der Waals surface area contributed by atoms with Crippen LogP contribution in [0.1, 0.15) is 15.9 Å². The van der Waals surface area contributed by atoms with Crippen LogP contribution in [0.3, 0.4) is 0 Å². The summed E-state index contributed by atoms with van der Waals surface area (Å²) in [6.45, 7) is 0.214. The molecule has 0 saturated carbocycles. The molecule has 2 rings (SSSR count). The Hall–Kier alpha value is -2.47. The van der Waals surface area contributed by atoms with E-state index in [1.165, 1.54) is 16.7 Å². The predicted molar refractivity (Wildman–Crippen MR) is 71.0 cm³/mol. The average Bonchev–Trinajstić information content (AvgIpc) is 2.79. The van der Waals surface area contributed by atoms with Crippen LogP contribution in [0.4, 0.5) is 0 Å².